The van der Waals surface area contributed by atoms with E-state index in [0.717, 1.165) is 10.8 Å². The van der Waals surface area contributed by atoms with E-state index in [0.29, 0.717) is 5.75 Å². The van der Waals surface area contributed by atoms with Crippen molar-refractivity contribution in [3.63, 3.8) is 0 Å². The summed E-state index contributed by atoms with van der Waals surface area (Å²) in [6, 6.07) is 13.3. The molecule has 0 radical (unpaired) electrons. The lowest BCUT2D eigenvalue weighted by Crippen LogP contribution is -2.08. The van der Waals surface area contributed by atoms with E-state index < -0.39 is 10.3 Å². The van der Waals surface area contributed by atoms with Gasteiger partial charge >= 0.3 is 10.3 Å². The summed E-state index contributed by atoms with van der Waals surface area (Å²) >= 11 is 0. The molecule has 0 saturated heterocycles. The molecule has 0 atom stereocenters. The van der Waals surface area contributed by atoms with E-state index in [4.69, 9.17) is 13.0 Å². The predicted octanol–water partition coefficient (Wildman–Crippen LogP) is 1.29. The maximum atomic E-state index is 9.37. The van der Waals surface area contributed by atoms with Gasteiger partial charge in [0.2, 0.25) is 0 Å². The van der Waals surface area contributed by atoms with E-state index in [1.807, 2.05) is 36.4 Å². The highest BCUT2D eigenvalue weighted by atomic mass is 32.2. The molecule has 16 heavy (non-hydrogen) atoms. The zero-order valence-electron chi connectivity index (χ0n) is 8.24. The predicted molar refractivity (Wildman–Crippen MR) is 61.3 cm³/mol. The van der Waals surface area contributed by atoms with Crippen LogP contribution in [0, 0.1) is 0 Å². The van der Waals surface area contributed by atoms with Crippen LogP contribution in [0.3, 0.4) is 0 Å². The third kappa shape index (κ3) is 4.26. The van der Waals surface area contributed by atoms with E-state index >= 15 is 0 Å². The van der Waals surface area contributed by atoms with Crippen molar-refractivity contribution in [2.75, 3.05) is 0 Å². The van der Waals surface area contributed by atoms with Crippen LogP contribution in [-0.2, 0) is 10.3 Å². The normalized spacial score (nSPS) is 10.6. The van der Waals surface area contributed by atoms with Crippen LogP contribution in [-0.4, -0.2) is 18.1 Å². The molecule has 6 heteroatoms. The molecular weight excluding hydrogens is 230 g/mol. The maximum Gasteiger partial charge on any atom is 0.330 e. The van der Waals surface area contributed by atoms with E-state index in [1.165, 1.54) is 0 Å². The van der Waals surface area contributed by atoms with Crippen LogP contribution in [0.1, 0.15) is 0 Å². The number of fused-ring (bicyclic) bond motifs is 1. The van der Waals surface area contributed by atoms with E-state index in [-0.39, 0.29) is 0 Å². The molecule has 2 rings (SSSR count). The summed E-state index contributed by atoms with van der Waals surface area (Å²) in [5, 5.41) is 15.2. The van der Waals surface area contributed by atoms with Gasteiger partial charge in [0.25, 0.3) is 0 Å². The molecule has 0 unspecified atom stereocenters. The first kappa shape index (κ1) is 12.4. The number of hydrogen-bond acceptors (Lipinski definition) is 3. The quantitative estimate of drug-likeness (QED) is 0.605. The molecule has 2 aromatic carbocycles. The first-order valence-electron chi connectivity index (χ1n) is 4.30. The second kappa shape index (κ2) is 4.93. The monoisotopic (exact) mass is 241 g/mol. The standard InChI is InChI=1S/C10H8O.H3NO3S/c11-10-7-3-5-8-4-1-2-6-9(8)10;1-5(2,3)4/h1-7,11H;(H3,1,2,3,4). The van der Waals surface area contributed by atoms with Crippen LogP contribution in [0.2, 0.25) is 0 Å². The number of hydrogen-bond donors (Lipinski definition) is 3. The average Bonchev–Trinajstić information content (AvgIpc) is 2.16. The van der Waals surface area contributed by atoms with Gasteiger partial charge in [0.05, 0.1) is 0 Å². The van der Waals surface area contributed by atoms with Crippen molar-refractivity contribution in [1.82, 2.24) is 0 Å². The summed E-state index contributed by atoms with van der Waals surface area (Å²) in [6.07, 6.45) is 0. The minimum atomic E-state index is -4.17. The number of rotatable bonds is 0. The van der Waals surface area contributed by atoms with Crippen LogP contribution in [0.4, 0.5) is 0 Å². The summed E-state index contributed by atoms with van der Waals surface area (Å²) in [6.45, 7) is 0. The van der Waals surface area contributed by atoms with Crippen LogP contribution < -0.4 is 5.14 Å². The van der Waals surface area contributed by atoms with Crippen molar-refractivity contribution in [3.8, 4) is 5.75 Å². The lowest BCUT2D eigenvalue weighted by Gasteiger charge is -1.97. The highest BCUT2D eigenvalue weighted by Crippen LogP contribution is 2.22. The molecule has 86 valence electrons. The second-order valence-electron chi connectivity index (χ2n) is 3.01. The lowest BCUT2D eigenvalue weighted by molar-refractivity contribution is 0.481. The van der Waals surface area contributed by atoms with Crippen LogP contribution in [0.5, 0.6) is 5.75 Å². The number of aromatic hydroxyl groups is 1. The Bertz CT molecular complexity index is 567. The molecule has 0 bridgehead atoms. The smallest absolute Gasteiger partial charge is 0.330 e. The van der Waals surface area contributed by atoms with Gasteiger partial charge in [-0.3, -0.25) is 4.55 Å². The molecule has 0 spiro atoms. The highest BCUT2D eigenvalue weighted by molar-refractivity contribution is 7.83. The SMILES string of the molecule is NS(=O)(=O)O.Oc1cccc2ccccc12. The van der Waals surface area contributed by atoms with Gasteiger partial charge in [-0.15, -0.1) is 0 Å². The van der Waals surface area contributed by atoms with Crippen LogP contribution in [0.15, 0.2) is 42.5 Å². The number of phenols is 1. The van der Waals surface area contributed by atoms with Crippen molar-refractivity contribution in [3.05, 3.63) is 42.5 Å². The Balaban J connectivity index is 0.000000221. The molecule has 5 nitrogen and oxygen atoms in total. The fourth-order valence-electron chi connectivity index (χ4n) is 1.21. The largest absolute Gasteiger partial charge is 0.507 e. The van der Waals surface area contributed by atoms with Crippen molar-refractivity contribution >= 4 is 21.1 Å². The Morgan fingerprint density at radius 3 is 2.06 bits per heavy atom. The lowest BCUT2D eigenvalue weighted by atomic mass is 10.1. The zero-order valence-corrected chi connectivity index (χ0v) is 9.05. The van der Waals surface area contributed by atoms with Crippen molar-refractivity contribution < 1.29 is 18.1 Å². The molecule has 0 aromatic heterocycles. The van der Waals surface area contributed by atoms with E-state index in [9.17, 15) is 5.11 Å². The summed E-state index contributed by atoms with van der Waals surface area (Å²) < 4.78 is 25.2. The fourth-order valence-corrected chi connectivity index (χ4v) is 1.21. The Labute approximate surface area is 93.0 Å². The summed E-state index contributed by atoms with van der Waals surface area (Å²) in [4.78, 5) is 0. The van der Waals surface area contributed by atoms with Gasteiger partial charge in [-0.05, 0) is 11.5 Å². The summed E-state index contributed by atoms with van der Waals surface area (Å²) in [7, 11) is -4.17. The minimum Gasteiger partial charge on any atom is -0.507 e. The number of phenolic OH excluding ortho intramolecular Hbond substituents is 1. The minimum absolute atomic E-state index is 0.350. The first-order chi connectivity index (χ1) is 7.38. The number of nitrogens with two attached hydrogens (primary N) is 1. The molecule has 0 fully saturated rings. The zero-order chi connectivity index (χ0) is 12.2. The van der Waals surface area contributed by atoms with Gasteiger partial charge in [-0.25, -0.2) is 5.14 Å². The Morgan fingerprint density at radius 1 is 1.00 bits per heavy atom. The molecule has 4 N–H and O–H groups in total. The Morgan fingerprint density at radius 2 is 1.50 bits per heavy atom. The highest BCUT2D eigenvalue weighted by Gasteiger charge is 1.94. The summed E-state index contributed by atoms with van der Waals surface area (Å²) in [5.74, 6) is 0.350. The van der Waals surface area contributed by atoms with Gasteiger partial charge in [0.1, 0.15) is 5.75 Å². The van der Waals surface area contributed by atoms with Crippen LogP contribution in [0.25, 0.3) is 10.8 Å². The molecular formula is C10H11NO4S. The molecule has 0 heterocycles. The molecule has 0 aliphatic rings. The van der Waals surface area contributed by atoms with E-state index in [1.54, 1.807) is 6.07 Å². The third-order valence-corrected chi connectivity index (χ3v) is 1.77. The summed E-state index contributed by atoms with van der Waals surface area (Å²) in [5.41, 5.74) is 0. The van der Waals surface area contributed by atoms with Crippen molar-refractivity contribution in [2.24, 2.45) is 5.14 Å². The fraction of sp³-hybridized carbons (Fsp3) is 0. The van der Waals surface area contributed by atoms with Gasteiger partial charge < -0.3 is 5.11 Å². The molecule has 0 amide bonds. The maximum absolute atomic E-state index is 9.37. The average molecular weight is 241 g/mol. The molecule has 2 aromatic rings. The van der Waals surface area contributed by atoms with E-state index in [2.05, 4.69) is 5.14 Å². The second-order valence-corrected chi connectivity index (χ2v) is 4.04. The third-order valence-electron chi connectivity index (χ3n) is 1.77. The Hall–Kier alpha value is -1.63. The molecule has 0 aliphatic heterocycles. The van der Waals surface area contributed by atoms with Crippen molar-refractivity contribution in [2.45, 2.75) is 0 Å². The van der Waals surface area contributed by atoms with Crippen LogP contribution >= 0.6 is 0 Å². The van der Waals surface area contributed by atoms with Gasteiger partial charge in [0, 0.05) is 5.39 Å². The number of benzene rings is 2. The van der Waals surface area contributed by atoms with Crippen molar-refractivity contribution in [1.29, 1.82) is 0 Å². The first-order valence-corrected chi connectivity index (χ1v) is 5.80. The van der Waals surface area contributed by atoms with Gasteiger partial charge in [0.15, 0.2) is 0 Å². The van der Waals surface area contributed by atoms with Gasteiger partial charge in [-0.1, -0.05) is 36.4 Å². The Kier molecular flexibility index (Phi) is 3.83. The molecule has 0 aliphatic carbocycles. The topological polar surface area (TPSA) is 101 Å². The van der Waals surface area contributed by atoms with Gasteiger partial charge in [-0.2, -0.15) is 8.42 Å². The molecule has 0 saturated carbocycles.